The summed E-state index contributed by atoms with van der Waals surface area (Å²) in [6, 6.07) is 22.3. The lowest BCUT2D eigenvalue weighted by molar-refractivity contribution is 0.0475. The van der Waals surface area contributed by atoms with Gasteiger partial charge in [0.2, 0.25) is 10.0 Å². The third-order valence-electron chi connectivity index (χ3n) is 5.35. The van der Waals surface area contributed by atoms with Crippen LogP contribution in [0.1, 0.15) is 20.7 Å². The van der Waals surface area contributed by atoms with Crippen molar-refractivity contribution in [2.75, 3.05) is 32.9 Å². The second-order valence-corrected chi connectivity index (χ2v) is 9.42. The Morgan fingerprint density at radius 1 is 0.788 bits per heavy atom. The second kappa shape index (κ2) is 10.1. The molecule has 1 saturated heterocycles. The van der Waals surface area contributed by atoms with E-state index < -0.39 is 28.4 Å². The minimum atomic E-state index is -3.63. The molecule has 33 heavy (non-hydrogen) atoms. The van der Waals surface area contributed by atoms with Crippen LogP contribution in [-0.4, -0.2) is 57.4 Å². The molecule has 3 aromatic rings. The normalized spacial score (nSPS) is 14.5. The second-order valence-electron chi connectivity index (χ2n) is 7.48. The molecule has 0 aromatic heterocycles. The number of morpholine rings is 1. The zero-order chi connectivity index (χ0) is 23.3. The van der Waals surface area contributed by atoms with Gasteiger partial charge in [-0.2, -0.15) is 4.31 Å². The molecular formula is C25H23NO6S. The Kier molecular flexibility index (Phi) is 6.98. The Morgan fingerprint density at radius 2 is 1.36 bits per heavy atom. The number of carbonyl (C=O) groups excluding carboxylic acids is 2. The van der Waals surface area contributed by atoms with Crippen molar-refractivity contribution in [3.63, 3.8) is 0 Å². The lowest BCUT2D eigenvalue weighted by Crippen LogP contribution is -2.40. The fourth-order valence-electron chi connectivity index (χ4n) is 3.48. The average molecular weight is 466 g/mol. The summed E-state index contributed by atoms with van der Waals surface area (Å²) in [6.07, 6.45) is 0. The summed E-state index contributed by atoms with van der Waals surface area (Å²) in [7, 11) is -3.63. The van der Waals surface area contributed by atoms with E-state index >= 15 is 0 Å². The van der Waals surface area contributed by atoms with Crippen LogP contribution in [0.25, 0.3) is 11.1 Å². The van der Waals surface area contributed by atoms with E-state index in [9.17, 15) is 18.0 Å². The van der Waals surface area contributed by atoms with E-state index in [1.54, 1.807) is 12.1 Å². The monoisotopic (exact) mass is 465 g/mol. The number of ether oxygens (including phenoxy) is 2. The van der Waals surface area contributed by atoms with Crippen LogP contribution in [-0.2, 0) is 19.5 Å². The van der Waals surface area contributed by atoms with Crippen LogP contribution < -0.4 is 0 Å². The number of carbonyl (C=O) groups is 2. The number of hydrogen-bond acceptors (Lipinski definition) is 6. The standard InChI is InChI=1S/C25H23NO6S/c27-24(21-10-12-23(13-11-21)33(29,30)26-14-16-31-17-15-26)18-32-25(28)22-8-6-20(7-9-22)19-4-2-1-3-5-19/h1-13H,14-18H2. The molecule has 1 aliphatic rings. The van der Waals surface area contributed by atoms with Crippen molar-refractivity contribution in [3.8, 4) is 11.1 Å². The maximum absolute atomic E-state index is 12.7. The quantitative estimate of drug-likeness (QED) is 0.392. The largest absolute Gasteiger partial charge is 0.454 e. The summed E-state index contributed by atoms with van der Waals surface area (Å²) in [5.74, 6) is -1.02. The summed E-state index contributed by atoms with van der Waals surface area (Å²) in [5.41, 5.74) is 2.61. The zero-order valence-electron chi connectivity index (χ0n) is 17.8. The topological polar surface area (TPSA) is 90.0 Å². The molecule has 3 aromatic carbocycles. The molecule has 0 radical (unpaired) electrons. The predicted molar refractivity (Wildman–Crippen MR) is 123 cm³/mol. The maximum Gasteiger partial charge on any atom is 0.338 e. The van der Waals surface area contributed by atoms with E-state index in [1.165, 1.54) is 28.6 Å². The Bertz CT molecular complexity index is 1220. The molecule has 170 valence electrons. The number of esters is 1. The molecule has 1 aliphatic heterocycles. The summed E-state index contributed by atoms with van der Waals surface area (Å²) in [6.45, 7) is 0.873. The molecule has 8 heteroatoms. The first kappa shape index (κ1) is 22.8. The van der Waals surface area contributed by atoms with Crippen molar-refractivity contribution in [3.05, 3.63) is 90.0 Å². The lowest BCUT2D eigenvalue weighted by atomic mass is 10.0. The first-order chi connectivity index (χ1) is 15.9. The average Bonchev–Trinajstić information content (AvgIpc) is 2.88. The molecule has 0 unspecified atom stereocenters. The predicted octanol–water partition coefficient (Wildman–Crippen LogP) is 3.41. The molecule has 1 heterocycles. The number of ketones is 1. The van der Waals surface area contributed by atoms with Crippen LogP contribution in [0.15, 0.2) is 83.8 Å². The van der Waals surface area contributed by atoms with Crippen LogP contribution in [0, 0.1) is 0 Å². The van der Waals surface area contributed by atoms with Crippen molar-refractivity contribution >= 4 is 21.8 Å². The zero-order valence-corrected chi connectivity index (χ0v) is 18.7. The van der Waals surface area contributed by atoms with Gasteiger partial charge in [-0.05, 0) is 47.5 Å². The first-order valence-corrected chi connectivity index (χ1v) is 11.9. The Morgan fingerprint density at radius 3 is 2.00 bits per heavy atom. The number of rotatable bonds is 7. The molecule has 4 rings (SSSR count). The van der Waals surface area contributed by atoms with Crippen LogP contribution in [0.5, 0.6) is 0 Å². The fraction of sp³-hybridized carbons (Fsp3) is 0.200. The molecule has 0 atom stereocenters. The number of sulfonamides is 1. The van der Waals surface area contributed by atoms with E-state index in [0.29, 0.717) is 31.9 Å². The molecule has 0 bridgehead atoms. The molecule has 1 fully saturated rings. The highest BCUT2D eigenvalue weighted by Crippen LogP contribution is 2.20. The third-order valence-corrected chi connectivity index (χ3v) is 7.26. The van der Waals surface area contributed by atoms with Gasteiger partial charge in [0.05, 0.1) is 23.7 Å². The molecule has 0 saturated carbocycles. The lowest BCUT2D eigenvalue weighted by Gasteiger charge is -2.26. The number of Topliss-reactive ketones (excluding diaryl/α,β-unsaturated/α-hetero) is 1. The third kappa shape index (κ3) is 5.36. The van der Waals surface area contributed by atoms with Gasteiger partial charge in [-0.15, -0.1) is 0 Å². The number of benzene rings is 3. The van der Waals surface area contributed by atoms with E-state index in [1.807, 2.05) is 42.5 Å². The van der Waals surface area contributed by atoms with E-state index in [4.69, 9.17) is 9.47 Å². The Labute approximate surface area is 192 Å². The Hall–Kier alpha value is -3.33. The highest BCUT2D eigenvalue weighted by atomic mass is 32.2. The van der Waals surface area contributed by atoms with E-state index in [-0.39, 0.29) is 10.5 Å². The first-order valence-electron chi connectivity index (χ1n) is 10.5. The molecular weight excluding hydrogens is 442 g/mol. The van der Waals surface area contributed by atoms with Crippen molar-refractivity contribution in [2.45, 2.75) is 4.90 Å². The summed E-state index contributed by atoms with van der Waals surface area (Å²) < 4.78 is 37.0. The van der Waals surface area contributed by atoms with Gasteiger partial charge >= 0.3 is 5.97 Å². The van der Waals surface area contributed by atoms with Crippen LogP contribution in [0.4, 0.5) is 0 Å². The van der Waals surface area contributed by atoms with Gasteiger partial charge in [-0.25, -0.2) is 13.2 Å². The van der Waals surface area contributed by atoms with Crippen LogP contribution in [0.3, 0.4) is 0 Å². The highest BCUT2D eigenvalue weighted by Gasteiger charge is 2.26. The Balaban J connectivity index is 1.35. The van der Waals surface area contributed by atoms with Gasteiger partial charge in [0.1, 0.15) is 0 Å². The molecule has 0 spiro atoms. The number of nitrogens with zero attached hydrogens (tertiary/aromatic N) is 1. The molecule has 0 amide bonds. The van der Waals surface area contributed by atoms with E-state index in [2.05, 4.69) is 0 Å². The SMILES string of the molecule is O=C(COC(=O)c1ccc(-c2ccccc2)cc1)c1ccc(S(=O)(=O)N2CCOCC2)cc1. The summed E-state index contributed by atoms with van der Waals surface area (Å²) >= 11 is 0. The van der Waals surface area contributed by atoms with Crippen LogP contribution in [0.2, 0.25) is 0 Å². The van der Waals surface area contributed by atoms with Gasteiger partial charge in [0.25, 0.3) is 0 Å². The fourth-order valence-corrected chi connectivity index (χ4v) is 4.88. The van der Waals surface area contributed by atoms with Gasteiger partial charge < -0.3 is 9.47 Å². The summed E-state index contributed by atoms with van der Waals surface area (Å²) in [4.78, 5) is 24.9. The van der Waals surface area contributed by atoms with Crippen molar-refractivity contribution < 1.29 is 27.5 Å². The van der Waals surface area contributed by atoms with Crippen molar-refractivity contribution in [1.82, 2.24) is 4.31 Å². The van der Waals surface area contributed by atoms with Crippen LogP contribution >= 0.6 is 0 Å². The summed E-state index contributed by atoms with van der Waals surface area (Å²) in [5, 5.41) is 0. The van der Waals surface area contributed by atoms with Gasteiger partial charge in [-0.3, -0.25) is 4.79 Å². The van der Waals surface area contributed by atoms with Gasteiger partial charge in [0, 0.05) is 18.7 Å². The highest BCUT2D eigenvalue weighted by molar-refractivity contribution is 7.89. The van der Waals surface area contributed by atoms with E-state index in [0.717, 1.165) is 11.1 Å². The number of hydrogen-bond donors (Lipinski definition) is 0. The molecule has 0 aliphatic carbocycles. The maximum atomic E-state index is 12.7. The minimum absolute atomic E-state index is 0.108. The molecule has 7 nitrogen and oxygen atoms in total. The van der Waals surface area contributed by atoms with Gasteiger partial charge in [-0.1, -0.05) is 42.5 Å². The van der Waals surface area contributed by atoms with Crippen molar-refractivity contribution in [1.29, 1.82) is 0 Å². The smallest absolute Gasteiger partial charge is 0.338 e. The molecule has 0 N–H and O–H groups in total. The van der Waals surface area contributed by atoms with Crippen molar-refractivity contribution in [2.24, 2.45) is 0 Å². The minimum Gasteiger partial charge on any atom is -0.454 e. The van der Waals surface area contributed by atoms with Gasteiger partial charge in [0.15, 0.2) is 12.4 Å².